The van der Waals surface area contributed by atoms with E-state index in [0.717, 1.165) is 11.1 Å². The maximum atomic E-state index is 5.95. The normalized spacial score (nSPS) is 10.6. The Labute approximate surface area is 114 Å². The van der Waals surface area contributed by atoms with Gasteiger partial charge in [0.05, 0.1) is 0 Å². The van der Waals surface area contributed by atoms with Gasteiger partial charge in [0.2, 0.25) is 5.28 Å². The summed E-state index contributed by atoms with van der Waals surface area (Å²) in [5.74, 6) is 0.861. The fraction of sp³-hybridized carbons (Fsp3) is 0.0833. The van der Waals surface area contributed by atoms with Crippen molar-refractivity contribution in [2.75, 3.05) is 0 Å². The van der Waals surface area contributed by atoms with Crippen molar-refractivity contribution >= 4 is 11.6 Å². The lowest BCUT2D eigenvalue weighted by Gasteiger charge is -2.06. The van der Waals surface area contributed by atoms with Crippen molar-refractivity contribution in [3.8, 4) is 17.3 Å². The third-order valence-electron chi connectivity index (χ3n) is 2.61. The van der Waals surface area contributed by atoms with Crippen LogP contribution in [-0.2, 0) is 0 Å². The Morgan fingerprint density at radius 3 is 2.68 bits per heavy atom. The molecule has 0 aliphatic heterocycles. The van der Waals surface area contributed by atoms with E-state index in [4.69, 9.17) is 11.6 Å². The lowest BCUT2D eigenvalue weighted by molar-refractivity contribution is 0.796. The molecule has 3 aromatic rings. The van der Waals surface area contributed by atoms with E-state index in [2.05, 4.69) is 25.0 Å². The van der Waals surface area contributed by atoms with Gasteiger partial charge in [0.15, 0.2) is 5.82 Å². The van der Waals surface area contributed by atoms with E-state index in [0.29, 0.717) is 11.8 Å². The summed E-state index contributed by atoms with van der Waals surface area (Å²) in [6.07, 6.45) is 2.92. The molecular weight excluding hydrogens is 264 g/mol. The van der Waals surface area contributed by atoms with E-state index in [1.807, 2.05) is 31.2 Å². The van der Waals surface area contributed by atoms with Crippen molar-refractivity contribution in [1.29, 1.82) is 0 Å². The zero-order valence-corrected chi connectivity index (χ0v) is 10.8. The second-order valence-electron chi connectivity index (χ2n) is 3.88. The van der Waals surface area contributed by atoms with Crippen LogP contribution in [0.25, 0.3) is 17.3 Å². The Hall–Kier alpha value is -2.34. The molecule has 0 unspecified atom stereocenters. The number of hydrogen-bond donors (Lipinski definition) is 0. The molecule has 0 saturated carbocycles. The molecule has 0 atom stereocenters. The van der Waals surface area contributed by atoms with Gasteiger partial charge in [-0.2, -0.15) is 24.7 Å². The zero-order chi connectivity index (χ0) is 13.2. The Morgan fingerprint density at radius 2 is 1.95 bits per heavy atom. The number of aromatic nitrogens is 6. The number of halogens is 1. The highest BCUT2D eigenvalue weighted by Crippen LogP contribution is 2.20. The monoisotopic (exact) mass is 272 g/mol. The lowest BCUT2D eigenvalue weighted by atomic mass is 10.1. The summed E-state index contributed by atoms with van der Waals surface area (Å²) in [6, 6.07) is 7.81. The molecule has 6 nitrogen and oxygen atoms in total. The van der Waals surface area contributed by atoms with Gasteiger partial charge in [-0.25, -0.2) is 4.98 Å². The molecule has 0 saturated heterocycles. The highest BCUT2D eigenvalue weighted by atomic mass is 35.5. The highest BCUT2D eigenvalue weighted by molar-refractivity contribution is 6.28. The predicted octanol–water partition coefficient (Wildman–Crippen LogP) is 2.08. The van der Waals surface area contributed by atoms with Crippen LogP contribution >= 0.6 is 11.6 Å². The second-order valence-corrected chi connectivity index (χ2v) is 4.22. The first-order chi connectivity index (χ1) is 9.24. The van der Waals surface area contributed by atoms with Gasteiger partial charge in [0.25, 0.3) is 5.95 Å². The smallest absolute Gasteiger partial charge is 0.223 e. The molecule has 0 aliphatic rings. The number of rotatable bonds is 2. The Balaban J connectivity index is 2.16. The number of hydrogen-bond acceptors (Lipinski definition) is 5. The fourth-order valence-electron chi connectivity index (χ4n) is 1.70. The summed E-state index contributed by atoms with van der Waals surface area (Å²) in [4.78, 5) is 16.4. The topological polar surface area (TPSA) is 69.4 Å². The van der Waals surface area contributed by atoms with E-state index in [9.17, 15) is 0 Å². The van der Waals surface area contributed by atoms with Gasteiger partial charge in [-0.15, -0.1) is 0 Å². The first kappa shape index (κ1) is 11.7. The molecule has 0 fully saturated rings. The van der Waals surface area contributed by atoms with Crippen LogP contribution < -0.4 is 0 Å². The van der Waals surface area contributed by atoms with Gasteiger partial charge in [0, 0.05) is 5.56 Å². The van der Waals surface area contributed by atoms with E-state index < -0.39 is 0 Å². The minimum absolute atomic E-state index is 0.124. The van der Waals surface area contributed by atoms with E-state index in [1.165, 1.54) is 17.3 Å². The van der Waals surface area contributed by atoms with Crippen molar-refractivity contribution in [2.24, 2.45) is 0 Å². The van der Waals surface area contributed by atoms with Gasteiger partial charge in [-0.1, -0.05) is 24.3 Å². The zero-order valence-electron chi connectivity index (χ0n) is 10.0. The molecule has 0 amide bonds. The van der Waals surface area contributed by atoms with Gasteiger partial charge >= 0.3 is 0 Å². The van der Waals surface area contributed by atoms with Crippen molar-refractivity contribution in [2.45, 2.75) is 6.92 Å². The van der Waals surface area contributed by atoms with Gasteiger partial charge < -0.3 is 0 Å². The Kier molecular flexibility index (Phi) is 2.92. The minimum Gasteiger partial charge on any atom is -0.223 e. The number of nitrogens with zero attached hydrogens (tertiary/aromatic N) is 6. The van der Waals surface area contributed by atoms with E-state index in [-0.39, 0.29) is 5.28 Å². The molecule has 1 aromatic carbocycles. The van der Waals surface area contributed by atoms with Crippen LogP contribution in [0.3, 0.4) is 0 Å². The van der Waals surface area contributed by atoms with Crippen molar-refractivity contribution in [3.63, 3.8) is 0 Å². The molecular formula is C12H9ClN6. The van der Waals surface area contributed by atoms with Crippen molar-refractivity contribution in [3.05, 3.63) is 47.8 Å². The standard InChI is InChI=1S/C12H9ClN6/c1-8-4-2-3-5-9(8)10-16-11(13)18-12(17-10)19-7-14-6-15-19/h2-7H,1H3. The van der Waals surface area contributed by atoms with Crippen molar-refractivity contribution in [1.82, 2.24) is 29.7 Å². The first-order valence-electron chi connectivity index (χ1n) is 5.56. The van der Waals surface area contributed by atoms with Gasteiger partial charge in [-0.3, -0.25) is 0 Å². The molecule has 7 heteroatoms. The first-order valence-corrected chi connectivity index (χ1v) is 5.94. The van der Waals surface area contributed by atoms with Crippen LogP contribution in [0.5, 0.6) is 0 Å². The summed E-state index contributed by atoms with van der Waals surface area (Å²) in [7, 11) is 0. The quantitative estimate of drug-likeness (QED) is 0.714. The predicted molar refractivity (Wildman–Crippen MR) is 69.9 cm³/mol. The molecule has 94 valence electrons. The number of benzene rings is 1. The van der Waals surface area contributed by atoms with Crippen LogP contribution in [-0.4, -0.2) is 29.7 Å². The molecule has 0 radical (unpaired) electrons. The molecule has 0 aliphatic carbocycles. The van der Waals surface area contributed by atoms with Crippen LogP contribution in [0.4, 0.5) is 0 Å². The summed E-state index contributed by atoms with van der Waals surface area (Å²) < 4.78 is 1.44. The average molecular weight is 273 g/mol. The lowest BCUT2D eigenvalue weighted by Crippen LogP contribution is -2.05. The summed E-state index contributed by atoms with van der Waals surface area (Å²) in [6.45, 7) is 1.99. The largest absolute Gasteiger partial charge is 0.256 e. The maximum Gasteiger partial charge on any atom is 0.256 e. The van der Waals surface area contributed by atoms with Gasteiger partial charge in [-0.05, 0) is 24.1 Å². The van der Waals surface area contributed by atoms with Crippen LogP contribution in [0, 0.1) is 6.92 Å². The summed E-state index contributed by atoms with van der Waals surface area (Å²) in [5, 5.41) is 4.10. The highest BCUT2D eigenvalue weighted by Gasteiger charge is 2.10. The molecule has 2 heterocycles. The third-order valence-corrected chi connectivity index (χ3v) is 2.77. The van der Waals surface area contributed by atoms with Crippen LogP contribution in [0.15, 0.2) is 36.9 Å². The van der Waals surface area contributed by atoms with Crippen LogP contribution in [0.1, 0.15) is 5.56 Å². The summed E-state index contributed by atoms with van der Waals surface area (Å²) in [5.41, 5.74) is 1.97. The van der Waals surface area contributed by atoms with E-state index in [1.54, 1.807) is 0 Å². The van der Waals surface area contributed by atoms with Gasteiger partial charge in [0.1, 0.15) is 12.7 Å². The minimum atomic E-state index is 0.124. The SMILES string of the molecule is Cc1ccccc1-c1nc(Cl)nc(-n2cncn2)n1. The number of aryl methyl sites for hydroxylation is 1. The molecule has 3 rings (SSSR count). The molecule has 0 bridgehead atoms. The molecule has 0 N–H and O–H groups in total. The summed E-state index contributed by atoms with van der Waals surface area (Å²) >= 11 is 5.95. The van der Waals surface area contributed by atoms with E-state index >= 15 is 0 Å². The van der Waals surface area contributed by atoms with Crippen LogP contribution in [0.2, 0.25) is 5.28 Å². The third kappa shape index (κ3) is 2.30. The maximum absolute atomic E-state index is 5.95. The second kappa shape index (κ2) is 4.74. The fourth-order valence-corrected chi connectivity index (χ4v) is 1.85. The molecule has 0 spiro atoms. The molecule has 2 aromatic heterocycles. The average Bonchev–Trinajstić information content (AvgIpc) is 2.92. The van der Waals surface area contributed by atoms with Crippen molar-refractivity contribution < 1.29 is 0 Å². The Bertz CT molecular complexity index is 710. The Morgan fingerprint density at radius 1 is 1.11 bits per heavy atom. The molecule has 19 heavy (non-hydrogen) atoms.